The Kier molecular flexibility index (Phi) is 5.47. The van der Waals surface area contributed by atoms with Gasteiger partial charge in [-0.3, -0.25) is 4.79 Å². The summed E-state index contributed by atoms with van der Waals surface area (Å²) in [6.45, 7) is 6.04. The van der Waals surface area contributed by atoms with E-state index in [4.69, 9.17) is 9.47 Å². The van der Waals surface area contributed by atoms with Gasteiger partial charge in [-0.05, 0) is 68.4 Å². The highest BCUT2D eigenvalue weighted by Crippen LogP contribution is 2.65. The minimum absolute atomic E-state index is 0.00361. The van der Waals surface area contributed by atoms with Gasteiger partial charge in [0.25, 0.3) is 0 Å². The number of aliphatic hydroxyl groups is 1. The van der Waals surface area contributed by atoms with Gasteiger partial charge in [0.15, 0.2) is 0 Å². The van der Waals surface area contributed by atoms with E-state index in [9.17, 15) is 14.7 Å². The number of rotatable bonds is 3. The van der Waals surface area contributed by atoms with Crippen LogP contribution < -0.4 is 0 Å². The number of esters is 2. The van der Waals surface area contributed by atoms with Crippen LogP contribution in [0.2, 0.25) is 0 Å². The summed E-state index contributed by atoms with van der Waals surface area (Å²) in [5, 5.41) is 11.9. The molecule has 0 spiro atoms. The molecule has 33 heavy (non-hydrogen) atoms. The fourth-order valence-corrected chi connectivity index (χ4v) is 7.84. The fourth-order valence-electron chi connectivity index (χ4n) is 7.84. The Morgan fingerprint density at radius 1 is 0.970 bits per heavy atom. The lowest BCUT2D eigenvalue weighted by molar-refractivity contribution is -0.175. The first-order chi connectivity index (χ1) is 15.7. The van der Waals surface area contributed by atoms with Gasteiger partial charge in [-0.2, -0.15) is 0 Å². The number of carbonyl (C=O) groups excluding carboxylic acids is 2. The Labute approximate surface area is 196 Å². The maximum atomic E-state index is 12.6. The summed E-state index contributed by atoms with van der Waals surface area (Å²) < 4.78 is 11.6. The summed E-state index contributed by atoms with van der Waals surface area (Å²) in [4.78, 5) is 24.3. The molecule has 3 fully saturated rings. The Balaban J connectivity index is 1.35. The monoisotopic (exact) mass is 452 g/mol. The van der Waals surface area contributed by atoms with Gasteiger partial charge in [-0.1, -0.05) is 44.2 Å². The van der Waals surface area contributed by atoms with Gasteiger partial charge in [0.2, 0.25) is 0 Å². The molecule has 0 aliphatic heterocycles. The van der Waals surface area contributed by atoms with Crippen LogP contribution in [-0.2, 0) is 14.3 Å². The molecule has 0 aromatic heterocycles. The van der Waals surface area contributed by atoms with Gasteiger partial charge in [0.05, 0.1) is 11.2 Å². The lowest BCUT2D eigenvalue weighted by Gasteiger charge is -2.61. The molecule has 8 atom stereocenters. The molecule has 4 aliphatic rings. The molecule has 0 bridgehead atoms. The van der Waals surface area contributed by atoms with Crippen LogP contribution in [0.1, 0.15) is 76.1 Å². The number of hydrogen-bond donors (Lipinski definition) is 1. The van der Waals surface area contributed by atoms with E-state index in [1.54, 1.807) is 12.1 Å². The first kappa shape index (κ1) is 22.6. The van der Waals surface area contributed by atoms with Crippen molar-refractivity contribution in [2.45, 2.75) is 83.5 Å². The van der Waals surface area contributed by atoms with Crippen molar-refractivity contribution in [3.63, 3.8) is 0 Å². The second-order valence-corrected chi connectivity index (χ2v) is 11.3. The molecule has 0 heterocycles. The molecule has 0 radical (unpaired) electrons. The van der Waals surface area contributed by atoms with E-state index < -0.39 is 5.60 Å². The number of carbonyl (C=O) groups is 2. The van der Waals surface area contributed by atoms with Crippen LogP contribution in [0.3, 0.4) is 0 Å². The highest BCUT2D eigenvalue weighted by Gasteiger charge is 2.63. The standard InChI is InChI=1S/C28H36O5/c1-18(29)32-24-10-9-22-21-12-16-28(31)17-20(33-25(30)19-7-5-4-6-8-19)11-15-27(28,3)23(21)13-14-26(22,24)2/h4-8,12,16,20-24,31H,9-11,13-15,17H2,1-3H3/t20-,21-,22-,23-,24-,26-,27+,28-/m0/s1. The number of allylic oxidation sites excluding steroid dienone is 1. The molecular formula is C28H36O5. The smallest absolute Gasteiger partial charge is 0.338 e. The van der Waals surface area contributed by atoms with Gasteiger partial charge in [0, 0.05) is 24.2 Å². The Hall–Kier alpha value is -2.14. The zero-order valence-corrected chi connectivity index (χ0v) is 20.0. The van der Waals surface area contributed by atoms with Gasteiger partial charge in [-0.25, -0.2) is 4.79 Å². The van der Waals surface area contributed by atoms with Gasteiger partial charge in [0.1, 0.15) is 12.2 Å². The average Bonchev–Trinajstić information content (AvgIpc) is 3.11. The summed E-state index contributed by atoms with van der Waals surface area (Å²) in [5.74, 6) is 0.728. The topological polar surface area (TPSA) is 72.8 Å². The fraction of sp³-hybridized carbons (Fsp3) is 0.643. The van der Waals surface area contributed by atoms with Gasteiger partial charge >= 0.3 is 11.9 Å². The van der Waals surface area contributed by atoms with E-state index in [1.807, 2.05) is 24.3 Å². The van der Waals surface area contributed by atoms with E-state index in [1.165, 1.54) is 6.92 Å². The molecule has 0 saturated heterocycles. The van der Waals surface area contributed by atoms with Crippen LogP contribution in [0.25, 0.3) is 0 Å². The first-order valence-corrected chi connectivity index (χ1v) is 12.5. The molecule has 0 amide bonds. The normalized spacial score (nSPS) is 43.7. The van der Waals surface area contributed by atoms with Gasteiger partial charge < -0.3 is 14.6 Å². The van der Waals surface area contributed by atoms with Crippen molar-refractivity contribution in [2.75, 3.05) is 0 Å². The number of benzene rings is 1. The van der Waals surface area contributed by atoms with Crippen LogP contribution in [0.4, 0.5) is 0 Å². The second kappa shape index (κ2) is 7.97. The molecular weight excluding hydrogens is 416 g/mol. The molecule has 1 aromatic rings. The zero-order chi connectivity index (χ0) is 23.4. The van der Waals surface area contributed by atoms with Crippen molar-refractivity contribution < 1.29 is 24.2 Å². The van der Waals surface area contributed by atoms with E-state index >= 15 is 0 Å². The largest absolute Gasteiger partial charge is 0.462 e. The van der Waals surface area contributed by atoms with Crippen molar-refractivity contribution in [3.05, 3.63) is 48.0 Å². The molecule has 5 rings (SSSR count). The van der Waals surface area contributed by atoms with E-state index in [0.29, 0.717) is 29.7 Å². The summed E-state index contributed by atoms with van der Waals surface area (Å²) in [5.41, 5.74) is -0.670. The summed E-state index contributed by atoms with van der Waals surface area (Å²) in [7, 11) is 0. The van der Waals surface area contributed by atoms with E-state index in [-0.39, 0.29) is 35.0 Å². The Morgan fingerprint density at radius 3 is 2.45 bits per heavy atom. The first-order valence-electron chi connectivity index (χ1n) is 12.5. The van der Waals surface area contributed by atoms with Crippen molar-refractivity contribution in [1.82, 2.24) is 0 Å². The molecule has 4 aliphatic carbocycles. The van der Waals surface area contributed by atoms with Crippen molar-refractivity contribution >= 4 is 11.9 Å². The Bertz CT molecular complexity index is 956. The zero-order valence-electron chi connectivity index (χ0n) is 20.0. The third-order valence-electron chi connectivity index (χ3n) is 9.76. The maximum Gasteiger partial charge on any atom is 0.338 e. The SMILES string of the molecule is CC(=O)O[C@H]1CC[C@H]2[C@@H]3C=C[C@]4(O)C[C@@H](OC(=O)c5ccccc5)CC[C@]4(C)[C@H]3CC[C@]12C. The van der Waals surface area contributed by atoms with Crippen LogP contribution in [0.5, 0.6) is 0 Å². The number of fused-ring (bicyclic) bond motifs is 5. The molecule has 5 heteroatoms. The summed E-state index contributed by atoms with van der Waals surface area (Å²) in [6.07, 6.45) is 10.0. The highest BCUT2D eigenvalue weighted by atomic mass is 16.5. The Morgan fingerprint density at radius 2 is 1.73 bits per heavy atom. The van der Waals surface area contributed by atoms with Crippen molar-refractivity contribution in [3.8, 4) is 0 Å². The van der Waals surface area contributed by atoms with Crippen LogP contribution in [0.15, 0.2) is 42.5 Å². The molecule has 1 aromatic carbocycles. The third-order valence-corrected chi connectivity index (χ3v) is 9.76. The van der Waals surface area contributed by atoms with E-state index in [2.05, 4.69) is 19.9 Å². The number of hydrogen-bond acceptors (Lipinski definition) is 5. The van der Waals surface area contributed by atoms with Crippen LogP contribution in [-0.4, -0.2) is 34.9 Å². The summed E-state index contributed by atoms with van der Waals surface area (Å²) >= 11 is 0. The average molecular weight is 453 g/mol. The second-order valence-electron chi connectivity index (χ2n) is 11.3. The maximum absolute atomic E-state index is 12.6. The number of ether oxygens (including phenoxy) is 2. The minimum atomic E-state index is -0.977. The van der Waals surface area contributed by atoms with Crippen molar-refractivity contribution in [1.29, 1.82) is 0 Å². The molecule has 0 unspecified atom stereocenters. The third kappa shape index (κ3) is 3.54. The predicted octanol–water partition coefficient (Wildman–Crippen LogP) is 5.08. The lowest BCUT2D eigenvalue weighted by Crippen LogP contribution is -2.61. The summed E-state index contributed by atoms with van der Waals surface area (Å²) in [6, 6.07) is 9.07. The van der Waals surface area contributed by atoms with Crippen molar-refractivity contribution in [2.24, 2.45) is 28.6 Å². The van der Waals surface area contributed by atoms with Gasteiger partial charge in [-0.15, -0.1) is 0 Å². The highest BCUT2D eigenvalue weighted by molar-refractivity contribution is 5.89. The molecule has 1 N–H and O–H groups in total. The minimum Gasteiger partial charge on any atom is -0.462 e. The molecule has 3 saturated carbocycles. The molecule has 5 nitrogen and oxygen atoms in total. The molecule has 178 valence electrons. The lowest BCUT2D eigenvalue weighted by atomic mass is 9.45. The van der Waals surface area contributed by atoms with Crippen LogP contribution in [0, 0.1) is 28.6 Å². The van der Waals surface area contributed by atoms with E-state index in [0.717, 1.165) is 38.5 Å². The van der Waals surface area contributed by atoms with Crippen LogP contribution >= 0.6 is 0 Å². The quantitative estimate of drug-likeness (QED) is 0.512. The predicted molar refractivity (Wildman–Crippen MR) is 124 cm³/mol.